The van der Waals surface area contributed by atoms with Crippen molar-refractivity contribution in [3.63, 3.8) is 0 Å². The lowest BCUT2D eigenvalue weighted by molar-refractivity contribution is 0.104. The molecule has 0 aliphatic heterocycles. The van der Waals surface area contributed by atoms with Gasteiger partial charge in [-0.15, -0.1) is 0 Å². The van der Waals surface area contributed by atoms with Crippen LogP contribution in [-0.2, 0) is 0 Å². The van der Waals surface area contributed by atoms with Crippen molar-refractivity contribution < 1.29 is 4.79 Å². The van der Waals surface area contributed by atoms with Crippen molar-refractivity contribution >= 4 is 43.7 Å². The Hall–Kier alpha value is -1.19. The Labute approximate surface area is 141 Å². The third-order valence-electron chi connectivity index (χ3n) is 3.65. The van der Waals surface area contributed by atoms with E-state index in [2.05, 4.69) is 31.9 Å². The number of carbonyl (C=O) groups excluding carboxylic acids is 1. The molecular weight excluding hydrogens is 392 g/mol. The third-order valence-corrected chi connectivity index (χ3v) is 5.40. The summed E-state index contributed by atoms with van der Waals surface area (Å²) in [6, 6.07) is 17.7. The first-order valence-corrected chi connectivity index (χ1v) is 8.40. The third kappa shape index (κ3) is 3.53. The fourth-order valence-corrected chi connectivity index (χ4v) is 3.46. The number of hydrogen-bond acceptors (Lipinski definition) is 1. The van der Waals surface area contributed by atoms with Crippen LogP contribution in [0.5, 0.6) is 0 Å². The highest BCUT2D eigenvalue weighted by molar-refractivity contribution is 9.25. The Bertz CT molecular complexity index is 672. The number of ketones is 1. The van der Waals surface area contributed by atoms with Crippen LogP contribution in [0.2, 0.25) is 0 Å². The molecule has 1 fully saturated rings. The minimum absolute atomic E-state index is 0.0325. The van der Waals surface area contributed by atoms with E-state index in [0.717, 1.165) is 17.5 Å². The van der Waals surface area contributed by atoms with E-state index in [9.17, 15) is 4.79 Å². The van der Waals surface area contributed by atoms with E-state index in [1.807, 2.05) is 60.7 Å². The summed E-state index contributed by atoms with van der Waals surface area (Å²) in [4.78, 5) is 12.1. The molecule has 0 N–H and O–H groups in total. The molecule has 1 aliphatic rings. The SMILES string of the molecule is O=C(/C=C/c1ccccc1)c1ccc(C2CC2(Br)Br)cc1. The Morgan fingerprint density at radius 2 is 1.67 bits per heavy atom. The van der Waals surface area contributed by atoms with E-state index in [0.29, 0.717) is 5.92 Å². The van der Waals surface area contributed by atoms with E-state index in [1.54, 1.807) is 6.08 Å². The zero-order valence-corrected chi connectivity index (χ0v) is 14.5. The number of benzene rings is 2. The van der Waals surface area contributed by atoms with Crippen molar-refractivity contribution in [1.82, 2.24) is 0 Å². The van der Waals surface area contributed by atoms with Gasteiger partial charge in [-0.05, 0) is 23.6 Å². The lowest BCUT2D eigenvalue weighted by Gasteiger charge is -2.02. The Kier molecular flexibility index (Phi) is 4.14. The van der Waals surface area contributed by atoms with Gasteiger partial charge in [0.15, 0.2) is 5.78 Å². The van der Waals surface area contributed by atoms with E-state index in [4.69, 9.17) is 0 Å². The summed E-state index contributed by atoms with van der Waals surface area (Å²) in [7, 11) is 0. The first kappa shape index (κ1) is 14.7. The quantitative estimate of drug-likeness (QED) is 0.370. The molecule has 0 radical (unpaired) electrons. The van der Waals surface area contributed by atoms with E-state index < -0.39 is 0 Å². The predicted molar refractivity (Wildman–Crippen MR) is 94.2 cm³/mol. The molecule has 0 amide bonds. The van der Waals surface area contributed by atoms with Crippen molar-refractivity contribution in [1.29, 1.82) is 0 Å². The van der Waals surface area contributed by atoms with Crippen LogP contribution >= 0.6 is 31.9 Å². The largest absolute Gasteiger partial charge is 0.289 e. The Morgan fingerprint density at radius 1 is 1.05 bits per heavy atom. The maximum absolute atomic E-state index is 12.1. The van der Waals surface area contributed by atoms with Crippen LogP contribution in [0.4, 0.5) is 0 Å². The van der Waals surface area contributed by atoms with Gasteiger partial charge in [-0.2, -0.15) is 0 Å². The highest BCUT2D eigenvalue weighted by Gasteiger charge is 2.50. The van der Waals surface area contributed by atoms with Crippen LogP contribution < -0.4 is 0 Å². The van der Waals surface area contributed by atoms with Crippen LogP contribution in [0.1, 0.15) is 33.8 Å². The van der Waals surface area contributed by atoms with Crippen LogP contribution in [0.3, 0.4) is 0 Å². The fourth-order valence-electron chi connectivity index (χ4n) is 2.29. The molecule has 1 unspecified atom stereocenters. The predicted octanol–water partition coefficient (Wildman–Crippen LogP) is 5.56. The van der Waals surface area contributed by atoms with Crippen molar-refractivity contribution in [2.24, 2.45) is 0 Å². The maximum Gasteiger partial charge on any atom is 0.185 e. The average molecular weight is 406 g/mol. The number of carbonyl (C=O) groups is 1. The number of halogens is 2. The summed E-state index contributed by atoms with van der Waals surface area (Å²) in [6.45, 7) is 0. The van der Waals surface area contributed by atoms with Gasteiger partial charge in [0.05, 0.1) is 3.23 Å². The molecule has 0 bridgehead atoms. The van der Waals surface area contributed by atoms with Gasteiger partial charge >= 0.3 is 0 Å². The highest BCUT2D eigenvalue weighted by Crippen LogP contribution is 2.62. The normalized spacial score (nSPS) is 19.6. The first-order chi connectivity index (χ1) is 10.1. The molecule has 0 saturated heterocycles. The second-order valence-corrected chi connectivity index (χ2v) is 9.14. The van der Waals surface area contributed by atoms with E-state index in [1.165, 1.54) is 5.56 Å². The summed E-state index contributed by atoms with van der Waals surface area (Å²) in [6.07, 6.45) is 4.55. The van der Waals surface area contributed by atoms with Crippen LogP contribution in [0.25, 0.3) is 6.08 Å². The number of alkyl halides is 2. The van der Waals surface area contributed by atoms with Gasteiger partial charge in [-0.1, -0.05) is 92.5 Å². The van der Waals surface area contributed by atoms with Gasteiger partial charge in [0, 0.05) is 11.5 Å². The molecule has 1 nitrogen and oxygen atoms in total. The van der Waals surface area contributed by atoms with Gasteiger partial charge in [-0.25, -0.2) is 0 Å². The summed E-state index contributed by atoms with van der Waals surface area (Å²) in [5.74, 6) is 0.520. The molecular formula is C18H14Br2O. The molecule has 0 aromatic heterocycles. The van der Waals surface area contributed by atoms with E-state index >= 15 is 0 Å². The Morgan fingerprint density at radius 3 is 2.24 bits per heavy atom. The maximum atomic E-state index is 12.1. The molecule has 0 spiro atoms. The summed E-state index contributed by atoms with van der Waals surface area (Å²) in [5, 5.41) is 0. The highest BCUT2D eigenvalue weighted by atomic mass is 79.9. The molecule has 2 aromatic rings. The molecule has 3 rings (SSSR count). The molecule has 3 heteroatoms. The van der Waals surface area contributed by atoms with Crippen molar-refractivity contribution in [3.05, 3.63) is 77.4 Å². The lowest BCUT2D eigenvalue weighted by Crippen LogP contribution is -1.95. The standard InChI is InChI=1S/C18H14Br2O/c19-18(20)12-16(18)14-7-9-15(10-8-14)17(21)11-6-13-4-2-1-3-5-13/h1-11,16H,12H2/b11-6+. The van der Waals surface area contributed by atoms with Crippen LogP contribution in [0, 0.1) is 0 Å². The Balaban J connectivity index is 1.69. The second kappa shape index (κ2) is 5.90. The number of hydrogen-bond donors (Lipinski definition) is 0. The minimum Gasteiger partial charge on any atom is -0.289 e. The second-order valence-electron chi connectivity index (χ2n) is 5.25. The van der Waals surface area contributed by atoms with Crippen molar-refractivity contribution in [3.8, 4) is 0 Å². The monoisotopic (exact) mass is 404 g/mol. The summed E-state index contributed by atoms with van der Waals surface area (Å²) < 4.78 is 0.0543. The van der Waals surface area contributed by atoms with Gasteiger partial charge in [0.2, 0.25) is 0 Å². The van der Waals surface area contributed by atoms with Gasteiger partial charge in [-0.3, -0.25) is 4.79 Å². The first-order valence-electron chi connectivity index (χ1n) is 6.81. The summed E-state index contributed by atoms with van der Waals surface area (Å²) >= 11 is 7.25. The molecule has 21 heavy (non-hydrogen) atoms. The minimum atomic E-state index is 0.0325. The van der Waals surface area contributed by atoms with Crippen LogP contribution in [0.15, 0.2) is 60.7 Å². The van der Waals surface area contributed by atoms with Crippen LogP contribution in [-0.4, -0.2) is 9.02 Å². The van der Waals surface area contributed by atoms with Gasteiger partial charge < -0.3 is 0 Å². The van der Waals surface area contributed by atoms with E-state index in [-0.39, 0.29) is 9.02 Å². The van der Waals surface area contributed by atoms with Gasteiger partial charge in [0.25, 0.3) is 0 Å². The number of rotatable bonds is 4. The van der Waals surface area contributed by atoms with Crippen molar-refractivity contribution in [2.45, 2.75) is 15.6 Å². The molecule has 1 atom stereocenters. The average Bonchev–Trinajstić information content (AvgIpc) is 3.15. The zero-order chi connectivity index (χ0) is 14.9. The van der Waals surface area contributed by atoms with Crippen molar-refractivity contribution in [2.75, 3.05) is 0 Å². The molecule has 0 heterocycles. The molecule has 1 aliphatic carbocycles. The lowest BCUT2D eigenvalue weighted by atomic mass is 10.0. The molecule has 1 saturated carbocycles. The fraction of sp³-hybridized carbons (Fsp3) is 0.167. The van der Waals surface area contributed by atoms with Gasteiger partial charge in [0.1, 0.15) is 0 Å². The number of allylic oxidation sites excluding steroid dienone is 1. The molecule has 106 valence electrons. The molecule has 2 aromatic carbocycles. The smallest absolute Gasteiger partial charge is 0.185 e. The summed E-state index contributed by atoms with van der Waals surface area (Å²) in [5.41, 5.74) is 3.01. The zero-order valence-electron chi connectivity index (χ0n) is 11.3. The topological polar surface area (TPSA) is 17.1 Å².